The lowest BCUT2D eigenvalue weighted by Gasteiger charge is -2.30. The molecule has 0 atom stereocenters. The van der Waals surface area contributed by atoms with Crippen LogP contribution in [0.2, 0.25) is 0 Å². The van der Waals surface area contributed by atoms with Gasteiger partial charge in [-0.1, -0.05) is 56.3 Å². The third-order valence-electron chi connectivity index (χ3n) is 8.66. The van der Waals surface area contributed by atoms with Crippen molar-refractivity contribution in [3.05, 3.63) is 83.6 Å². The summed E-state index contributed by atoms with van der Waals surface area (Å²) in [7, 11) is 3.93. The van der Waals surface area contributed by atoms with Gasteiger partial charge in [-0.25, -0.2) is 4.98 Å². The highest BCUT2D eigenvalue weighted by Gasteiger charge is 2.22. The van der Waals surface area contributed by atoms with Crippen molar-refractivity contribution in [1.82, 2.24) is 29.5 Å². The monoisotopic (exact) mass is 632 g/mol. The van der Waals surface area contributed by atoms with Crippen LogP contribution in [0.15, 0.2) is 66.9 Å². The molecule has 0 saturated carbocycles. The molecule has 4 heterocycles. The van der Waals surface area contributed by atoms with Gasteiger partial charge in [-0.2, -0.15) is 19.6 Å². The predicted octanol–water partition coefficient (Wildman–Crippen LogP) is 5.37. The number of carbonyl (C=O) groups is 1. The summed E-state index contributed by atoms with van der Waals surface area (Å²) >= 11 is 0. The number of benzene rings is 2. The van der Waals surface area contributed by atoms with Crippen molar-refractivity contribution in [3.63, 3.8) is 0 Å². The number of aryl methyl sites for hydroxylation is 1. The summed E-state index contributed by atoms with van der Waals surface area (Å²) in [6, 6.07) is 16.4. The van der Waals surface area contributed by atoms with Crippen LogP contribution in [-0.2, 0) is 11.3 Å². The average molecular weight is 633 g/mol. The zero-order chi connectivity index (χ0) is 33.1. The number of para-hydroxylation sites is 1. The maximum Gasteiger partial charge on any atom is 0.248 e. The molecule has 0 radical (unpaired) electrons. The molecule has 0 spiro atoms. The quantitative estimate of drug-likeness (QED) is 0.174. The molecular weight excluding hydrogens is 588 g/mol. The van der Waals surface area contributed by atoms with Crippen LogP contribution in [0.25, 0.3) is 27.8 Å². The van der Waals surface area contributed by atoms with Gasteiger partial charge in [0.25, 0.3) is 0 Å². The topological polar surface area (TPSA) is 130 Å². The molecule has 1 fully saturated rings. The van der Waals surface area contributed by atoms with Crippen LogP contribution in [0.5, 0.6) is 0 Å². The fourth-order valence-electron chi connectivity index (χ4n) is 5.93. The van der Waals surface area contributed by atoms with Crippen molar-refractivity contribution in [2.75, 3.05) is 49.3 Å². The van der Waals surface area contributed by atoms with Gasteiger partial charge < -0.3 is 26.2 Å². The fraction of sp³-hybridized carbons (Fsp3) is 0.361. The van der Waals surface area contributed by atoms with Crippen molar-refractivity contribution in [2.24, 2.45) is 5.73 Å². The van der Waals surface area contributed by atoms with E-state index in [1.165, 1.54) is 0 Å². The number of fused-ring (bicyclic) bond motifs is 2. The molecule has 47 heavy (non-hydrogen) atoms. The lowest BCUT2D eigenvalue weighted by Crippen LogP contribution is -2.40. The highest BCUT2D eigenvalue weighted by atomic mass is 16.1. The number of piperidine rings is 1. The van der Waals surface area contributed by atoms with Crippen molar-refractivity contribution in [2.45, 2.75) is 52.1 Å². The number of nitrogens with zero attached hydrogens (tertiary/aromatic N) is 7. The van der Waals surface area contributed by atoms with E-state index in [2.05, 4.69) is 59.6 Å². The first-order valence-electron chi connectivity index (χ1n) is 16.3. The SMILES string of the molecule is Cc1cccc(-c2ccc3cccc(NC(=O)/C=C/CN(C)C)c3n2)c1CNc1nc(N2CCC(N)CC2)nc2c(C(C)C)cnn12. The van der Waals surface area contributed by atoms with Crippen LogP contribution in [0, 0.1) is 6.92 Å². The maximum atomic E-state index is 12.7. The van der Waals surface area contributed by atoms with E-state index >= 15 is 0 Å². The van der Waals surface area contributed by atoms with Crippen molar-refractivity contribution < 1.29 is 4.79 Å². The van der Waals surface area contributed by atoms with Gasteiger partial charge in [0.1, 0.15) is 0 Å². The summed E-state index contributed by atoms with van der Waals surface area (Å²) in [6.45, 7) is 9.25. The van der Waals surface area contributed by atoms with Crippen LogP contribution >= 0.6 is 0 Å². The summed E-state index contributed by atoms with van der Waals surface area (Å²) in [5.74, 6) is 1.42. The van der Waals surface area contributed by atoms with Gasteiger partial charge >= 0.3 is 0 Å². The third kappa shape index (κ3) is 7.11. The predicted molar refractivity (Wildman–Crippen MR) is 190 cm³/mol. The number of aromatic nitrogens is 5. The Bertz CT molecular complexity index is 1920. The highest BCUT2D eigenvalue weighted by molar-refractivity contribution is 6.05. The number of carbonyl (C=O) groups excluding carboxylic acids is 1. The molecule has 0 aliphatic carbocycles. The van der Waals surface area contributed by atoms with E-state index in [9.17, 15) is 4.79 Å². The minimum absolute atomic E-state index is 0.186. The van der Waals surface area contributed by atoms with Crippen LogP contribution < -0.4 is 21.3 Å². The van der Waals surface area contributed by atoms with Gasteiger partial charge in [0.05, 0.1) is 23.1 Å². The summed E-state index contributed by atoms with van der Waals surface area (Å²) in [6.07, 6.45) is 7.12. The molecule has 0 bridgehead atoms. The summed E-state index contributed by atoms with van der Waals surface area (Å²) in [5, 5.41) is 12.3. The number of hydrogen-bond donors (Lipinski definition) is 3. The Balaban J connectivity index is 1.33. The first-order chi connectivity index (χ1) is 22.7. The molecule has 1 aliphatic heterocycles. The number of nitrogens with two attached hydrogens (primary N) is 1. The first-order valence-corrected chi connectivity index (χ1v) is 16.3. The van der Waals surface area contributed by atoms with Crippen molar-refractivity contribution in [3.8, 4) is 11.3 Å². The molecular formula is C36H44N10O. The van der Waals surface area contributed by atoms with Crippen LogP contribution in [0.1, 0.15) is 49.3 Å². The molecule has 2 aromatic carbocycles. The minimum Gasteiger partial charge on any atom is -0.350 e. The first kappa shape index (κ1) is 32.1. The van der Waals surface area contributed by atoms with E-state index < -0.39 is 0 Å². The summed E-state index contributed by atoms with van der Waals surface area (Å²) < 4.78 is 1.81. The number of nitrogens with one attached hydrogen (secondary N) is 2. The molecule has 1 saturated heterocycles. The lowest BCUT2D eigenvalue weighted by molar-refractivity contribution is -0.111. The average Bonchev–Trinajstić information content (AvgIpc) is 3.49. The second kappa shape index (κ2) is 13.9. The Hall–Kier alpha value is -4.87. The molecule has 1 aliphatic rings. The van der Waals surface area contributed by atoms with Gasteiger partial charge in [0.15, 0.2) is 5.65 Å². The van der Waals surface area contributed by atoms with Crippen LogP contribution in [-0.4, -0.2) is 75.1 Å². The third-order valence-corrected chi connectivity index (χ3v) is 8.66. The smallest absolute Gasteiger partial charge is 0.248 e. The van der Waals surface area contributed by atoms with Crippen LogP contribution in [0.4, 0.5) is 17.6 Å². The minimum atomic E-state index is -0.186. The summed E-state index contributed by atoms with van der Waals surface area (Å²) in [5.41, 5.74) is 13.6. The highest BCUT2D eigenvalue weighted by Crippen LogP contribution is 2.31. The van der Waals surface area contributed by atoms with Gasteiger partial charge in [0, 0.05) is 54.8 Å². The number of hydrogen-bond acceptors (Lipinski definition) is 9. The number of pyridine rings is 1. The largest absolute Gasteiger partial charge is 0.350 e. The Morgan fingerprint density at radius 3 is 2.62 bits per heavy atom. The van der Waals surface area contributed by atoms with Crippen molar-refractivity contribution >= 4 is 40.0 Å². The van der Waals surface area contributed by atoms with Gasteiger partial charge in [-0.3, -0.25) is 4.79 Å². The number of anilines is 3. The standard InChI is InChI=1S/C36H44N10O/c1-23(2)28-22-39-46-34(28)42-36(45-19-16-26(37)17-20-45)43-35(46)38-21-29-24(3)9-6-11-27(29)30-15-14-25-10-7-12-31(33(25)41-30)40-32(47)13-8-18-44(4)5/h6-15,22-23,26H,16-21,37H2,1-5H3,(H,40,47)(H,38,42,43)/b13-8+. The van der Waals surface area contributed by atoms with Gasteiger partial charge in [-0.15, -0.1) is 0 Å². The normalized spacial score (nSPS) is 14.3. The van der Waals surface area contributed by atoms with E-state index in [1.54, 1.807) is 6.08 Å². The molecule has 3 aromatic heterocycles. The molecule has 11 nitrogen and oxygen atoms in total. The van der Waals surface area contributed by atoms with E-state index in [4.69, 9.17) is 20.7 Å². The molecule has 5 aromatic rings. The molecule has 0 unspecified atom stereocenters. The maximum absolute atomic E-state index is 12.7. The van der Waals surface area contributed by atoms with E-state index in [0.29, 0.717) is 30.7 Å². The zero-order valence-corrected chi connectivity index (χ0v) is 27.9. The van der Waals surface area contributed by atoms with Crippen LogP contribution in [0.3, 0.4) is 0 Å². The number of rotatable bonds is 10. The lowest BCUT2D eigenvalue weighted by atomic mass is 9.98. The summed E-state index contributed by atoms with van der Waals surface area (Å²) in [4.78, 5) is 32.0. The fourth-order valence-corrected chi connectivity index (χ4v) is 5.93. The Morgan fingerprint density at radius 2 is 1.85 bits per heavy atom. The number of likely N-dealkylation sites (N-methyl/N-ethyl adjacent to an activating group) is 1. The van der Waals surface area contributed by atoms with Gasteiger partial charge in [0.2, 0.25) is 17.8 Å². The molecule has 6 rings (SSSR count). The molecule has 11 heteroatoms. The van der Waals surface area contributed by atoms with Crippen molar-refractivity contribution in [1.29, 1.82) is 0 Å². The van der Waals surface area contributed by atoms with E-state index in [0.717, 1.165) is 70.4 Å². The second-order valence-corrected chi connectivity index (χ2v) is 12.8. The molecule has 1 amide bonds. The number of amides is 1. The Labute approximate surface area is 275 Å². The zero-order valence-electron chi connectivity index (χ0n) is 27.9. The Morgan fingerprint density at radius 1 is 1.06 bits per heavy atom. The molecule has 4 N–H and O–H groups in total. The second-order valence-electron chi connectivity index (χ2n) is 12.8. The van der Waals surface area contributed by atoms with E-state index in [-0.39, 0.29) is 17.9 Å². The molecule has 244 valence electrons. The Kier molecular flexibility index (Phi) is 9.46. The van der Waals surface area contributed by atoms with E-state index in [1.807, 2.05) is 66.1 Å². The van der Waals surface area contributed by atoms with Gasteiger partial charge in [-0.05, 0) is 63.0 Å².